The normalized spacial score (nSPS) is 16.8. The zero-order valence-corrected chi connectivity index (χ0v) is 12.5. The molecule has 0 fully saturated rings. The van der Waals surface area contributed by atoms with Crippen molar-refractivity contribution in [1.29, 1.82) is 0 Å². The Bertz CT molecular complexity index is 684. The van der Waals surface area contributed by atoms with Gasteiger partial charge in [0.1, 0.15) is 12.4 Å². The number of benzene rings is 2. The number of carbonyl (C=O) groups excluding carboxylic acids is 1. The number of hydrogen-bond donors (Lipinski definition) is 1. The van der Waals surface area contributed by atoms with Gasteiger partial charge in [-0.25, -0.2) is 0 Å². The summed E-state index contributed by atoms with van der Waals surface area (Å²) in [6, 6.07) is 13.3. The average Bonchev–Trinajstić information content (AvgIpc) is 2.49. The lowest BCUT2D eigenvalue weighted by Gasteiger charge is -2.24. The van der Waals surface area contributed by atoms with E-state index in [1.165, 1.54) is 0 Å². The lowest BCUT2D eigenvalue weighted by molar-refractivity contribution is -0.121. The summed E-state index contributed by atoms with van der Waals surface area (Å²) < 4.78 is 5.66. The van der Waals surface area contributed by atoms with Crippen LogP contribution in [0.4, 0.5) is 5.69 Å². The van der Waals surface area contributed by atoms with Gasteiger partial charge in [0.05, 0.1) is 5.92 Å². The van der Waals surface area contributed by atoms with E-state index in [9.17, 15) is 4.79 Å². The van der Waals surface area contributed by atoms with E-state index in [2.05, 4.69) is 5.32 Å². The molecule has 1 atom stereocenters. The quantitative estimate of drug-likeness (QED) is 0.915. The van der Waals surface area contributed by atoms with Crippen LogP contribution in [0.25, 0.3) is 0 Å². The number of carbonyl (C=O) groups is 1. The van der Waals surface area contributed by atoms with Crippen LogP contribution in [-0.2, 0) is 11.2 Å². The Morgan fingerprint density at radius 2 is 2.10 bits per heavy atom. The van der Waals surface area contributed by atoms with Crippen LogP contribution in [0.5, 0.6) is 5.75 Å². The Balaban J connectivity index is 1.72. The molecule has 1 N–H and O–H groups in total. The fourth-order valence-corrected chi connectivity index (χ4v) is 2.73. The molecular formula is C17H16ClNO2. The third-order valence-corrected chi connectivity index (χ3v) is 3.93. The van der Waals surface area contributed by atoms with Crippen LogP contribution >= 0.6 is 11.6 Å². The lowest BCUT2D eigenvalue weighted by Crippen LogP contribution is -2.32. The summed E-state index contributed by atoms with van der Waals surface area (Å²) in [6.45, 7) is 2.34. The Morgan fingerprint density at radius 3 is 2.90 bits per heavy atom. The van der Waals surface area contributed by atoms with Crippen molar-refractivity contribution in [3.05, 3.63) is 58.6 Å². The van der Waals surface area contributed by atoms with Crippen LogP contribution < -0.4 is 10.1 Å². The zero-order chi connectivity index (χ0) is 14.8. The summed E-state index contributed by atoms with van der Waals surface area (Å²) in [7, 11) is 0. The van der Waals surface area contributed by atoms with Crippen molar-refractivity contribution in [1.82, 2.24) is 0 Å². The number of aryl methyl sites for hydroxylation is 1. The molecule has 0 radical (unpaired) electrons. The van der Waals surface area contributed by atoms with Gasteiger partial charge in [0.25, 0.3) is 0 Å². The molecule has 0 aromatic heterocycles. The summed E-state index contributed by atoms with van der Waals surface area (Å²) in [5.41, 5.74) is 2.83. The molecule has 1 heterocycles. The van der Waals surface area contributed by atoms with E-state index in [1.54, 1.807) is 6.07 Å². The lowest BCUT2D eigenvalue weighted by atomic mass is 9.96. The van der Waals surface area contributed by atoms with Crippen LogP contribution in [0, 0.1) is 12.8 Å². The molecule has 2 aromatic rings. The number of rotatable bonds is 2. The van der Waals surface area contributed by atoms with Gasteiger partial charge in [-0.05, 0) is 48.7 Å². The SMILES string of the molecule is Cc1cc(Cl)ccc1NC(=O)[C@@H]1COc2ccccc2C1. The molecule has 0 saturated heterocycles. The molecule has 3 nitrogen and oxygen atoms in total. The minimum absolute atomic E-state index is 0.0186. The Morgan fingerprint density at radius 1 is 1.29 bits per heavy atom. The molecule has 2 aromatic carbocycles. The average molecular weight is 302 g/mol. The monoisotopic (exact) mass is 301 g/mol. The van der Waals surface area contributed by atoms with E-state index >= 15 is 0 Å². The van der Waals surface area contributed by atoms with Gasteiger partial charge in [0.15, 0.2) is 0 Å². The zero-order valence-electron chi connectivity index (χ0n) is 11.7. The fraction of sp³-hybridized carbons (Fsp3) is 0.235. The van der Waals surface area contributed by atoms with Gasteiger partial charge < -0.3 is 10.1 Å². The third kappa shape index (κ3) is 3.03. The minimum atomic E-state index is -0.171. The molecular weight excluding hydrogens is 286 g/mol. The molecule has 1 aliphatic heterocycles. The first-order valence-corrected chi connectivity index (χ1v) is 7.29. The number of ether oxygens (including phenoxy) is 1. The predicted molar refractivity (Wildman–Crippen MR) is 83.9 cm³/mol. The first-order valence-electron chi connectivity index (χ1n) is 6.91. The number of anilines is 1. The van der Waals surface area contributed by atoms with E-state index in [-0.39, 0.29) is 11.8 Å². The maximum absolute atomic E-state index is 12.4. The maximum atomic E-state index is 12.4. The van der Waals surface area contributed by atoms with Crippen molar-refractivity contribution in [3.8, 4) is 5.75 Å². The molecule has 21 heavy (non-hydrogen) atoms. The molecule has 0 spiro atoms. The molecule has 3 rings (SSSR count). The predicted octanol–water partition coefficient (Wildman–Crippen LogP) is 3.84. The Hall–Kier alpha value is -2.00. The third-order valence-electron chi connectivity index (χ3n) is 3.70. The van der Waals surface area contributed by atoms with E-state index in [4.69, 9.17) is 16.3 Å². The molecule has 0 saturated carbocycles. The van der Waals surface area contributed by atoms with E-state index < -0.39 is 0 Å². The van der Waals surface area contributed by atoms with E-state index in [1.807, 2.05) is 43.3 Å². The number of halogens is 1. The number of fused-ring (bicyclic) bond motifs is 1. The van der Waals surface area contributed by atoms with Crippen LogP contribution in [-0.4, -0.2) is 12.5 Å². The highest BCUT2D eigenvalue weighted by Gasteiger charge is 2.26. The summed E-state index contributed by atoms with van der Waals surface area (Å²) in [5, 5.41) is 3.63. The topological polar surface area (TPSA) is 38.3 Å². The molecule has 0 aliphatic carbocycles. The summed E-state index contributed by atoms with van der Waals surface area (Å²) in [4.78, 5) is 12.4. The standard InChI is InChI=1S/C17H16ClNO2/c1-11-8-14(18)6-7-15(11)19-17(20)13-9-12-4-2-3-5-16(12)21-10-13/h2-8,13H,9-10H2,1H3,(H,19,20)/t13-/m0/s1. The summed E-state index contributed by atoms with van der Waals surface area (Å²) >= 11 is 5.93. The van der Waals surface area contributed by atoms with Gasteiger partial charge in [0.2, 0.25) is 5.91 Å². The van der Waals surface area contributed by atoms with Crippen LogP contribution in [0.2, 0.25) is 5.02 Å². The second-order valence-electron chi connectivity index (χ2n) is 5.27. The maximum Gasteiger partial charge on any atom is 0.231 e. The number of hydrogen-bond acceptors (Lipinski definition) is 2. The smallest absolute Gasteiger partial charge is 0.231 e. The van der Waals surface area contributed by atoms with Crippen molar-refractivity contribution in [2.75, 3.05) is 11.9 Å². The fourth-order valence-electron chi connectivity index (χ4n) is 2.50. The molecule has 4 heteroatoms. The minimum Gasteiger partial charge on any atom is -0.492 e. The van der Waals surface area contributed by atoms with Gasteiger partial charge in [-0.3, -0.25) is 4.79 Å². The van der Waals surface area contributed by atoms with Gasteiger partial charge in [-0.1, -0.05) is 29.8 Å². The summed E-state index contributed by atoms with van der Waals surface area (Å²) in [6.07, 6.45) is 0.703. The van der Waals surface area contributed by atoms with E-state index in [0.717, 1.165) is 22.6 Å². The molecule has 1 amide bonds. The highest BCUT2D eigenvalue weighted by molar-refractivity contribution is 6.30. The Labute approximate surface area is 128 Å². The highest BCUT2D eigenvalue weighted by Crippen LogP contribution is 2.28. The van der Waals surface area contributed by atoms with E-state index in [0.29, 0.717) is 18.1 Å². The first kappa shape index (κ1) is 14.0. The van der Waals surface area contributed by atoms with Crippen molar-refractivity contribution >= 4 is 23.2 Å². The highest BCUT2D eigenvalue weighted by atomic mass is 35.5. The summed E-state index contributed by atoms with van der Waals surface area (Å²) in [5.74, 6) is 0.689. The van der Waals surface area contributed by atoms with Gasteiger partial charge in [-0.2, -0.15) is 0 Å². The van der Waals surface area contributed by atoms with Gasteiger partial charge in [0, 0.05) is 10.7 Å². The second-order valence-corrected chi connectivity index (χ2v) is 5.70. The largest absolute Gasteiger partial charge is 0.492 e. The molecule has 0 bridgehead atoms. The van der Waals surface area contributed by atoms with Crippen molar-refractivity contribution in [3.63, 3.8) is 0 Å². The Kier molecular flexibility index (Phi) is 3.84. The van der Waals surface area contributed by atoms with Crippen molar-refractivity contribution in [2.24, 2.45) is 5.92 Å². The number of nitrogens with one attached hydrogen (secondary N) is 1. The van der Waals surface area contributed by atoms with Crippen LogP contribution in [0.1, 0.15) is 11.1 Å². The molecule has 108 valence electrons. The second kappa shape index (κ2) is 5.78. The van der Waals surface area contributed by atoms with Crippen LogP contribution in [0.15, 0.2) is 42.5 Å². The first-order chi connectivity index (χ1) is 10.1. The van der Waals surface area contributed by atoms with Gasteiger partial charge in [-0.15, -0.1) is 0 Å². The number of amides is 1. The van der Waals surface area contributed by atoms with Crippen molar-refractivity contribution in [2.45, 2.75) is 13.3 Å². The number of para-hydroxylation sites is 1. The van der Waals surface area contributed by atoms with Crippen molar-refractivity contribution < 1.29 is 9.53 Å². The molecule has 1 aliphatic rings. The van der Waals surface area contributed by atoms with Gasteiger partial charge >= 0.3 is 0 Å². The van der Waals surface area contributed by atoms with Crippen LogP contribution in [0.3, 0.4) is 0 Å². The molecule has 0 unspecified atom stereocenters.